The van der Waals surface area contributed by atoms with Crippen LogP contribution in [-0.2, 0) is 9.53 Å². The first-order valence-electron chi connectivity index (χ1n) is 9.65. The van der Waals surface area contributed by atoms with Crippen LogP contribution >= 0.6 is 0 Å². The molecule has 1 aromatic rings. The predicted octanol–water partition coefficient (Wildman–Crippen LogP) is 1.77. The number of carbonyl (C=O) groups excluding carboxylic acids is 1. The quantitative estimate of drug-likeness (QED) is 0.893. The lowest BCUT2D eigenvalue weighted by Gasteiger charge is -2.32. The van der Waals surface area contributed by atoms with E-state index in [4.69, 9.17) is 9.26 Å². The van der Waals surface area contributed by atoms with Gasteiger partial charge in [0.05, 0.1) is 6.04 Å². The highest BCUT2D eigenvalue weighted by Crippen LogP contribution is 2.32. The third-order valence-electron chi connectivity index (χ3n) is 5.93. The van der Waals surface area contributed by atoms with E-state index in [0.29, 0.717) is 29.7 Å². The van der Waals surface area contributed by atoms with Gasteiger partial charge in [0.1, 0.15) is 0 Å². The highest BCUT2D eigenvalue weighted by molar-refractivity contribution is 5.84. The average molecular weight is 348 g/mol. The Morgan fingerprint density at radius 3 is 2.52 bits per heavy atom. The lowest BCUT2D eigenvalue weighted by atomic mass is 9.85. The number of amides is 1. The molecule has 1 aromatic heterocycles. The molecule has 2 saturated heterocycles. The second-order valence-electron chi connectivity index (χ2n) is 7.61. The van der Waals surface area contributed by atoms with Crippen LogP contribution in [0.1, 0.15) is 62.6 Å². The van der Waals surface area contributed by atoms with Crippen LogP contribution in [-0.4, -0.2) is 58.8 Å². The fraction of sp³-hybridized carbons (Fsp3) is 0.833. The minimum atomic E-state index is -0.00459. The molecular formula is C18H28N4O3. The lowest BCUT2D eigenvalue weighted by molar-refractivity contribution is -0.133. The number of nitrogens with one attached hydrogen (secondary N) is 1. The number of likely N-dealkylation sites (tertiary alicyclic amines) is 1. The van der Waals surface area contributed by atoms with Gasteiger partial charge in [0, 0.05) is 37.8 Å². The van der Waals surface area contributed by atoms with E-state index in [9.17, 15) is 4.79 Å². The maximum Gasteiger partial charge on any atom is 0.240 e. The molecule has 3 fully saturated rings. The Kier molecular flexibility index (Phi) is 5.03. The first-order chi connectivity index (χ1) is 12.2. The topological polar surface area (TPSA) is 80.5 Å². The number of rotatable bonds is 4. The van der Waals surface area contributed by atoms with E-state index in [1.165, 1.54) is 0 Å². The molecule has 3 aliphatic rings. The van der Waals surface area contributed by atoms with E-state index < -0.39 is 0 Å². The molecule has 0 aromatic carbocycles. The monoisotopic (exact) mass is 348 g/mol. The van der Waals surface area contributed by atoms with Crippen LogP contribution in [0.25, 0.3) is 0 Å². The van der Waals surface area contributed by atoms with Gasteiger partial charge < -0.3 is 19.5 Å². The van der Waals surface area contributed by atoms with E-state index in [-0.39, 0.29) is 6.04 Å². The van der Waals surface area contributed by atoms with Crippen molar-refractivity contribution in [3.8, 4) is 0 Å². The van der Waals surface area contributed by atoms with E-state index in [1.807, 2.05) is 6.92 Å². The van der Waals surface area contributed by atoms with Crippen molar-refractivity contribution >= 4 is 5.91 Å². The molecule has 0 spiro atoms. The molecule has 0 bridgehead atoms. The first kappa shape index (κ1) is 17.0. The van der Waals surface area contributed by atoms with Crippen molar-refractivity contribution < 1.29 is 14.1 Å². The number of hydrogen-bond donors (Lipinski definition) is 1. The van der Waals surface area contributed by atoms with Crippen LogP contribution in [0.2, 0.25) is 0 Å². The maximum absolute atomic E-state index is 12.8. The van der Waals surface area contributed by atoms with E-state index in [1.54, 1.807) is 0 Å². The lowest BCUT2D eigenvalue weighted by Crippen LogP contribution is -2.47. The highest BCUT2D eigenvalue weighted by Gasteiger charge is 2.38. The smallest absolute Gasteiger partial charge is 0.240 e. The molecule has 3 heterocycles. The van der Waals surface area contributed by atoms with E-state index in [0.717, 1.165) is 70.6 Å². The SMILES string of the molecule is Cc1noc(C2CCC(NC3CCN(C4CCOCC4)C3=O)CC2)n1. The summed E-state index contributed by atoms with van der Waals surface area (Å²) in [5, 5.41) is 7.52. The molecular weight excluding hydrogens is 320 g/mol. The van der Waals surface area contributed by atoms with Gasteiger partial charge in [0.15, 0.2) is 5.82 Å². The van der Waals surface area contributed by atoms with Crippen molar-refractivity contribution in [3.63, 3.8) is 0 Å². The highest BCUT2D eigenvalue weighted by atomic mass is 16.5. The predicted molar refractivity (Wildman–Crippen MR) is 91.1 cm³/mol. The Hall–Kier alpha value is -1.47. The van der Waals surface area contributed by atoms with Crippen LogP contribution in [0.3, 0.4) is 0 Å². The number of ether oxygens (including phenoxy) is 1. The Balaban J connectivity index is 1.26. The second-order valence-corrected chi connectivity index (χ2v) is 7.61. The molecule has 1 amide bonds. The molecule has 138 valence electrons. The molecule has 1 atom stereocenters. The van der Waals surface area contributed by atoms with Crippen LogP contribution in [0.15, 0.2) is 4.52 Å². The minimum absolute atomic E-state index is 0.00459. The standard InChI is InChI=1S/C18H28N4O3/c1-12-19-17(25-21-12)13-2-4-14(5-3-13)20-16-6-9-22(18(16)23)15-7-10-24-11-8-15/h13-16,20H,2-11H2,1H3. The Labute approximate surface area is 148 Å². The first-order valence-corrected chi connectivity index (χ1v) is 9.65. The molecule has 7 nitrogen and oxygen atoms in total. The van der Waals surface area contributed by atoms with Gasteiger partial charge in [0.2, 0.25) is 11.8 Å². The summed E-state index contributed by atoms with van der Waals surface area (Å²) >= 11 is 0. The number of carbonyl (C=O) groups is 1. The molecule has 25 heavy (non-hydrogen) atoms. The summed E-state index contributed by atoms with van der Waals surface area (Å²) in [6.45, 7) is 4.31. The number of aryl methyl sites for hydroxylation is 1. The summed E-state index contributed by atoms with van der Waals surface area (Å²) in [6, 6.07) is 0.795. The summed E-state index contributed by atoms with van der Waals surface area (Å²) in [4.78, 5) is 19.2. The van der Waals surface area contributed by atoms with Gasteiger partial charge in [-0.1, -0.05) is 5.16 Å². The third kappa shape index (κ3) is 3.72. The summed E-state index contributed by atoms with van der Waals surface area (Å²) in [5.74, 6) is 2.15. The van der Waals surface area contributed by atoms with Crippen molar-refractivity contribution in [2.75, 3.05) is 19.8 Å². The van der Waals surface area contributed by atoms with E-state index >= 15 is 0 Å². The largest absolute Gasteiger partial charge is 0.381 e. The number of nitrogens with zero attached hydrogens (tertiary/aromatic N) is 3. The van der Waals surface area contributed by atoms with Gasteiger partial charge in [-0.2, -0.15) is 4.98 Å². The van der Waals surface area contributed by atoms with Gasteiger partial charge >= 0.3 is 0 Å². The molecule has 1 N–H and O–H groups in total. The van der Waals surface area contributed by atoms with Crippen LogP contribution < -0.4 is 5.32 Å². The zero-order chi connectivity index (χ0) is 17.2. The van der Waals surface area contributed by atoms with Crippen molar-refractivity contribution in [1.29, 1.82) is 0 Å². The van der Waals surface area contributed by atoms with Gasteiger partial charge in [-0.15, -0.1) is 0 Å². The Bertz CT molecular complexity index is 591. The molecule has 1 saturated carbocycles. The van der Waals surface area contributed by atoms with E-state index in [2.05, 4.69) is 20.4 Å². The molecule has 1 unspecified atom stereocenters. The van der Waals surface area contributed by atoms with Gasteiger partial charge in [-0.25, -0.2) is 0 Å². The minimum Gasteiger partial charge on any atom is -0.381 e. The van der Waals surface area contributed by atoms with Crippen molar-refractivity contribution in [2.45, 2.75) is 75.9 Å². The fourth-order valence-corrected chi connectivity index (χ4v) is 4.49. The van der Waals surface area contributed by atoms with Gasteiger partial charge in [-0.3, -0.25) is 4.79 Å². The van der Waals surface area contributed by atoms with Crippen LogP contribution in [0.4, 0.5) is 0 Å². The van der Waals surface area contributed by atoms with Gasteiger partial charge in [-0.05, 0) is 51.9 Å². The summed E-state index contributed by atoms with van der Waals surface area (Å²) in [5.41, 5.74) is 0. The van der Waals surface area contributed by atoms with Crippen LogP contribution in [0.5, 0.6) is 0 Å². The molecule has 0 radical (unpaired) electrons. The van der Waals surface area contributed by atoms with Crippen molar-refractivity contribution in [3.05, 3.63) is 11.7 Å². The number of hydrogen-bond acceptors (Lipinski definition) is 6. The summed E-state index contributed by atoms with van der Waals surface area (Å²) < 4.78 is 10.7. The summed E-state index contributed by atoms with van der Waals surface area (Å²) in [6.07, 6.45) is 7.10. The zero-order valence-electron chi connectivity index (χ0n) is 14.9. The van der Waals surface area contributed by atoms with Gasteiger partial charge in [0.25, 0.3) is 0 Å². The summed E-state index contributed by atoms with van der Waals surface area (Å²) in [7, 11) is 0. The Morgan fingerprint density at radius 1 is 1.08 bits per heavy atom. The van der Waals surface area contributed by atoms with Crippen molar-refractivity contribution in [1.82, 2.24) is 20.4 Å². The number of aromatic nitrogens is 2. The third-order valence-corrected chi connectivity index (χ3v) is 5.93. The molecule has 1 aliphatic carbocycles. The molecule has 7 heteroatoms. The van der Waals surface area contributed by atoms with Crippen molar-refractivity contribution in [2.24, 2.45) is 0 Å². The maximum atomic E-state index is 12.8. The zero-order valence-corrected chi connectivity index (χ0v) is 14.9. The normalized spacial score (nSPS) is 31.6. The molecule has 4 rings (SSSR count). The Morgan fingerprint density at radius 2 is 1.84 bits per heavy atom. The van der Waals surface area contributed by atoms with Crippen LogP contribution in [0, 0.1) is 6.92 Å². The average Bonchev–Trinajstić information content (AvgIpc) is 3.23. The molecule has 2 aliphatic heterocycles. The second kappa shape index (κ2) is 7.41. The fourth-order valence-electron chi connectivity index (χ4n) is 4.49.